The van der Waals surface area contributed by atoms with Crippen LogP contribution in [0.2, 0.25) is 0 Å². The van der Waals surface area contributed by atoms with E-state index < -0.39 is 24.2 Å². The summed E-state index contributed by atoms with van der Waals surface area (Å²) in [6.45, 7) is 0. The molecule has 0 atom stereocenters. The van der Waals surface area contributed by atoms with E-state index >= 15 is 0 Å². The molecule has 20 aromatic rings. The highest BCUT2D eigenvalue weighted by Gasteiger charge is 2.45. The van der Waals surface area contributed by atoms with Gasteiger partial charge in [0.15, 0.2) is 24.2 Å². The molecule has 0 radical (unpaired) electrons. The first kappa shape index (κ1) is 64.3. The number of hydrogen-bond donors (Lipinski definition) is 0. The summed E-state index contributed by atoms with van der Waals surface area (Å²) in [5.41, 5.74) is 9.27. The molecule has 108 heavy (non-hydrogen) atoms. The van der Waals surface area contributed by atoms with Crippen LogP contribution >= 0.6 is 0 Å². The predicted molar refractivity (Wildman–Crippen MR) is 461 cm³/mol. The molecule has 0 unspecified atom stereocenters. The van der Waals surface area contributed by atoms with Crippen LogP contribution in [0.3, 0.4) is 0 Å². The van der Waals surface area contributed by atoms with E-state index in [4.69, 9.17) is 9.97 Å². The Morgan fingerprint density at radius 2 is 0.519 bits per heavy atom. The highest BCUT2D eigenvalue weighted by atomic mass is 28.3. The van der Waals surface area contributed by atoms with Gasteiger partial charge in [0, 0.05) is 49.6 Å². The van der Waals surface area contributed by atoms with Crippen LogP contribution in [0.5, 0.6) is 0 Å². The van der Waals surface area contributed by atoms with Crippen molar-refractivity contribution in [3.05, 3.63) is 431 Å². The van der Waals surface area contributed by atoms with Crippen LogP contribution in [-0.4, -0.2) is 47.9 Å². The number of fused-ring (bicyclic) bond motifs is 10. The third kappa shape index (κ3) is 10.1. The van der Waals surface area contributed by atoms with Gasteiger partial charge >= 0.3 is 0 Å². The fraction of sp³-hybridized carbons (Fsp3) is 0. The summed E-state index contributed by atoms with van der Waals surface area (Å²) in [6.07, 6.45) is 0. The van der Waals surface area contributed by atoms with Crippen LogP contribution < -0.4 is 62.2 Å². The highest BCUT2D eigenvalue weighted by Crippen LogP contribution is 2.43. The zero-order valence-corrected chi connectivity index (χ0v) is 62.2. The van der Waals surface area contributed by atoms with E-state index in [9.17, 15) is 0 Å². The first-order valence-electron chi connectivity index (χ1n) is 37.2. The molecular formula is C100H71N5Si3. The quantitative estimate of drug-likeness (QED) is 0.0714. The van der Waals surface area contributed by atoms with Crippen molar-refractivity contribution in [3.63, 3.8) is 0 Å². The number of benzene rings is 16. The summed E-state index contributed by atoms with van der Waals surface area (Å²) in [4.78, 5) is 12.1. The molecule has 0 spiro atoms. The number of rotatable bonds is 16. The van der Waals surface area contributed by atoms with Crippen molar-refractivity contribution in [3.8, 4) is 28.7 Å². The molecule has 0 saturated heterocycles. The molecule has 0 bridgehead atoms. The molecular weight excluding hydrogens is 1360 g/mol. The molecule has 4 aromatic heterocycles. The molecule has 4 heterocycles. The molecule has 0 saturated carbocycles. The maximum atomic E-state index is 6.09. The predicted octanol–water partition coefficient (Wildman–Crippen LogP) is 15.6. The lowest BCUT2D eigenvalue weighted by molar-refractivity contribution is 0.953. The largest absolute Gasteiger partial charge is 0.309 e. The molecule has 0 aliphatic rings. The third-order valence-corrected chi connectivity index (χ3v) is 37.1. The van der Waals surface area contributed by atoms with E-state index in [-0.39, 0.29) is 0 Å². The molecule has 0 N–H and O–H groups in total. The van der Waals surface area contributed by atoms with Crippen LogP contribution in [0.15, 0.2) is 431 Å². The van der Waals surface area contributed by atoms with Gasteiger partial charge in [0.05, 0.1) is 38.8 Å². The van der Waals surface area contributed by atoms with Crippen LogP contribution in [0, 0.1) is 0 Å². The molecule has 5 nitrogen and oxygen atoms in total. The fourth-order valence-electron chi connectivity index (χ4n) is 18.2. The fourth-order valence-corrected chi connectivity index (χ4v) is 32.5. The Morgan fingerprint density at radius 1 is 0.194 bits per heavy atom. The van der Waals surface area contributed by atoms with E-state index in [0.717, 1.165) is 88.2 Å². The van der Waals surface area contributed by atoms with E-state index in [1.165, 1.54) is 62.2 Å². The molecule has 0 aliphatic heterocycles. The second kappa shape index (κ2) is 26.7. The second-order valence-corrected chi connectivity index (χ2v) is 39.7. The number of aromatic nitrogens is 5. The Hall–Kier alpha value is -13.3. The first-order valence-corrected chi connectivity index (χ1v) is 43.2. The molecule has 16 aromatic carbocycles. The molecule has 20 rings (SSSR count). The Kier molecular flexibility index (Phi) is 15.9. The minimum absolute atomic E-state index is 0.572. The van der Waals surface area contributed by atoms with Crippen LogP contribution in [0.25, 0.3) is 94.1 Å². The van der Waals surface area contributed by atoms with E-state index in [1.54, 1.807) is 0 Å². The summed E-state index contributed by atoms with van der Waals surface area (Å²) in [7, 11) is -8.91. The molecule has 0 aliphatic carbocycles. The van der Waals surface area contributed by atoms with E-state index in [0.29, 0.717) is 5.95 Å². The average molecular weight is 1430 g/mol. The van der Waals surface area contributed by atoms with Crippen molar-refractivity contribution in [1.29, 1.82) is 0 Å². The summed E-state index contributed by atoms with van der Waals surface area (Å²) >= 11 is 0. The standard InChI is InChI=1S/C100H71N5Si3/c1-10-36-74(37-11-1)106(75-38-12-2-13-39-75,76-40-14-3-15-41-76)83-63-61-72(62-64-83)91-71-97(102-100(101-91)104-92-58-31-28-55-86(92)88-66-65-85(70-96(88)104)108(80-48-22-7-23-49-80,81-50-24-8-25-51-81)82-52-26-9-27-53-82)105-93-59-32-29-56-87(93)89-67-68-95-98(99(89)105)90-57-30-33-60-94(90)103(95)73-35-34-54-84(69-73)107(77-42-16-4-17-43-77,78-44-18-5-19-45-78)79-46-20-6-21-47-79/h1-71H. The lowest BCUT2D eigenvalue weighted by Gasteiger charge is -2.34. The van der Waals surface area contributed by atoms with Gasteiger partial charge in [-0.1, -0.05) is 382 Å². The highest BCUT2D eigenvalue weighted by molar-refractivity contribution is 7.21. The Balaban J connectivity index is 0.867. The van der Waals surface area contributed by atoms with Crippen molar-refractivity contribution in [2.24, 2.45) is 0 Å². The smallest absolute Gasteiger partial charge is 0.237 e. The van der Waals surface area contributed by atoms with Crippen molar-refractivity contribution >= 4 is 152 Å². The van der Waals surface area contributed by atoms with Gasteiger partial charge in [-0.3, -0.25) is 9.13 Å². The molecule has 508 valence electrons. The minimum atomic E-state index is -3.05. The Bertz CT molecular complexity index is 6410. The van der Waals surface area contributed by atoms with Crippen molar-refractivity contribution in [2.75, 3.05) is 0 Å². The second-order valence-electron chi connectivity index (χ2n) is 28.2. The van der Waals surface area contributed by atoms with E-state index in [2.05, 4.69) is 444 Å². The topological polar surface area (TPSA) is 40.6 Å². The third-order valence-electron chi connectivity index (χ3n) is 22.7. The van der Waals surface area contributed by atoms with Gasteiger partial charge in [-0.25, -0.2) is 4.98 Å². The van der Waals surface area contributed by atoms with Crippen molar-refractivity contribution in [1.82, 2.24) is 23.7 Å². The van der Waals surface area contributed by atoms with Crippen molar-refractivity contribution < 1.29 is 0 Å². The lowest BCUT2D eigenvalue weighted by atomic mass is 10.1. The zero-order valence-electron chi connectivity index (χ0n) is 59.2. The first-order chi connectivity index (χ1) is 53.6. The number of hydrogen-bond acceptors (Lipinski definition) is 2. The maximum absolute atomic E-state index is 6.09. The molecule has 0 amide bonds. The van der Waals surface area contributed by atoms with Gasteiger partial charge in [-0.15, -0.1) is 0 Å². The maximum Gasteiger partial charge on any atom is 0.237 e. The normalized spacial score (nSPS) is 12.1. The number of nitrogens with zero attached hydrogens (tertiary/aromatic N) is 5. The van der Waals surface area contributed by atoms with Crippen LogP contribution in [-0.2, 0) is 0 Å². The summed E-state index contributed by atoms with van der Waals surface area (Å²) < 4.78 is 7.33. The summed E-state index contributed by atoms with van der Waals surface area (Å²) in [5, 5.41) is 22.5. The lowest BCUT2D eigenvalue weighted by Crippen LogP contribution is -2.74. The van der Waals surface area contributed by atoms with Gasteiger partial charge in [0.25, 0.3) is 0 Å². The van der Waals surface area contributed by atoms with Crippen LogP contribution in [0.4, 0.5) is 0 Å². The molecule has 8 heteroatoms. The zero-order chi connectivity index (χ0) is 71.6. The average Bonchev–Trinajstić information content (AvgIpc) is 1.50. The van der Waals surface area contributed by atoms with E-state index in [1.807, 2.05) is 0 Å². The van der Waals surface area contributed by atoms with Gasteiger partial charge in [-0.2, -0.15) is 4.98 Å². The SMILES string of the molecule is c1ccc([Si](c2ccccc2)(c2ccccc2)c2ccc(-c3cc(-n4c5ccccc5c5ccc6c(c7ccccc7n6-c6cccc([Si](c7ccccc7)(c7ccccc7)c7ccccc7)c6)c54)nc(-n4c5ccccc5c5ccc([Si](c6ccccc6)(c6ccccc6)c6ccccc6)cc54)n3)cc2)cc1. The van der Waals surface area contributed by atoms with Crippen LogP contribution in [0.1, 0.15) is 0 Å². The number of para-hydroxylation sites is 3. The Morgan fingerprint density at radius 3 is 0.963 bits per heavy atom. The van der Waals surface area contributed by atoms with Crippen molar-refractivity contribution in [2.45, 2.75) is 0 Å². The van der Waals surface area contributed by atoms with Gasteiger partial charge in [0.1, 0.15) is 5.82 Å². The minimum Gasteiger partial charge on any atom is -0.309 e. The molecule has 0 fully saturated rings. The Labute approximate surface area is 630 Å². The monoisotopic (exact) mass is 1430 g/mol. The van der Waals surface area contributed by atoms with Gasteiger partial charge in [0.2, 0.25) is 5.95 Å². The van der Waals surface area contributed by atoms with Gasteiger partial charge < -0.3 is 4.57 Å². The summed E-state index contributed by atoms with van der Waals surface area (Å²) in [5.74, 6) is 1.33. The van der Waals surface area contributed by atoms with Gasteiger partial charge in [-0.05, 0) is 105 Å². The summed E-state index contributed by atoms with van der Waals surface area (Å²) in [6, 6.07) is 161.